The average molecular weight is 407 g/mol. The van der Waals surface area contributed by atoms with Crippen LogP contribution in [0.25, 0.3) is 0 Å². The first-order valence-electron chi connectivity index (χ1n) is 7.36. The Labute approximate surface area is 153 Å². The van der Waals surface area contributed by atoms with Crippen molar-refractivity contribution < 1.29 is 31.1 Å². The van der Waals surface area contributed by atoms with Crippen molar-refractivity contribution in [3.63, 3.8) is 0 Å². The maximum atomic E-state index is 13.4. The van der Waals surface area contributed by atoms with Crippen molar-refractivity contribution in [2.24, 2.45) is 0 Å². The number of hydrogen-bond donors (Lipinski definition) is 0. The number of benzene rings is 1. The molecule has 0 spiro atoms. The molecule has 9 heteroatoms. The summed E-state index contributed by atoms with van der Waals surface area (Å²) in [6.45, 7) is 3.74. The third kappa shape index (κ3) is 4.98. The Morgan fingerprint density at radius 1 is 1.15 bits per heavy atom. The van der Waals surface area contributed by atoms with Gasteiger partial charge in [-0.3, -0.25) is 4.79 Å². The van der Waals surface area contributed by atoms with Gasteiger partial charge >= 0.3 is 5.76 Å². The monoisotopic (exact) mass is 406 g/mol. The fraction of sp³-hybridized carbons (Fsp3) is 0.235. The van der Waals surface area contributed by atoms with Gasteiger partial charge in [0.1, 0.15) is 23.1 Å². The number of ether oxygens (including phenoxy) is 1. The van der Waals surface area contributed by atoms with Gasteiger partial charge < -0.3 is 4.74 Å². The van der Waals surface area contributed by atoms with Crippen LogP contribution in [0.5, 0.6) is 5.75 Å². The smallest absolute Gasteiger partial charge is 0.340 e. The molecule has 0 N–H and O–H groups in total. The Balaban J connectivity index is 2.45. The highest BCUT2D eigenvalue weighted by Crippen LogP contribution is 2.28. The molecular weight excluding hydrogens is 393 g/mol. The Kier molecular flexibility index (Phi) is 6.30. The van der Waals surface area contributed by atoms with E-state index in [4.69, 9.17) is 16.3 Å². The number of sulfone groups is 1. The molecule has 0 aromatic heterocycles. The number of allylic oxidation sites excluding steroid dienone is 4. The molecular formula is C17H14ClF3O4S. The van der Waals surface area contributed by atoms with Gasteiger partial charge in [-0.2, -0.15) is 8.78 Å². The lowest BCUT2D eigenvalue weighted by atomic mass is 10.1. The van der Waals surface area contributed by atoms with Crippen molar-refractivity contribution in [2.75, 3.05) is 0 Å². The van der Waals surface area contributed by atoms with Crippen LogP contribution in [0.4, 0.5) is 13.2 Å². The Morgan fingerprint density at radius 3 is 2.46 bits per heavy atom. The summed E-state index contributed by atoms with van der Waals surface area (Å²) in [6.07, 6.45) is 1.39. The van der Waals surface area contributed by atoms with Crippen LogP contribution in [0.15, 0.2) is 53.2 Å². The normalized spacial score (nSPS) is 20.5. The molecule has 4 nitrogen and oxygen atoms in total. The molecule has 0 atom stereocenters. The van der Waals surface area contributed by atoms with Gasteiger partial charge in [0.25, 0.3) is 0 Å². The number of hydrogen-bond acceptors (Lipinski definition) is 4. The molecule has 0 aliphatic heterocycles. The largest absolute Gasteiger partial charge is 0.457 e. The molecule has 1 aliphatic carbocycles. The van der Waals surface area contributed by atoms with Gasteiger partial charge in [-0.15, -0.1) is 0 Å². The van der Waals surface area contributed by atoms with Gasteiger partial charge in [-0.25, -0.2) is 12.8 Å². The number of halogens is 4. The standard InChI is InChI=1S/C17H14ClF3O4S/c1-10-2-3-13(22)9-15(26(23,24)17(20)21)4-5-16(10)25-14-7-11(18)6-12(19)8-14/h4-8,17H,1-3,9H2/b15-4+,16-5+. The first kappa shape index (κ1) is 20.3. The quantitative estimate of drug-likeness (QED) is 0.734. The van der Waals surface area contributed by atoms with Gasteiger partial charge in [-0.05, 0) is 36.3 Å². The topological polar surface area (TPSA) is 60.4 Å². The van der Waals surface area contributed by atoms with Crippen LogP contribution >= 0.6 is 11.6 Å². The van der Waals surface area contributed by atoms with Gasteiger partial charge in [0.2, 0.25) is 9.84 Å². The number of rotatable bonds is 4. The number of Topliss-reactive ketones (excluding diaryl/α,β-unsaturated/α-hetero) is 1. The second-order valence-electron chi connectivity index (χ2n) is 5.50. The fourth-order valence-electron chi connectivity index (χ4n) is 2.17. The van der Waals surface area contributed by atoms with Crippen molar-refractivity contribution in [2.45, 2.75) is 25.0 Å². The van der Waals surface area contributed by atoms with Crippen molar-refractivity contribution in [3.8, 4) is 5.75 Å². The minimum atomic E-state index is -4.92. The van der Waals surface area contributed by atoms with E-state index in [0.29, 0.717) is 5.57 Å². The number of carbonyl (C=O) groups is 1. The SMILES string of the molecule is C=C1CCC(=O)C/C(S(=O)(=O)C(F)F)=C\C=C/1Oc1cc(F)cc(Cl)c1. The van der Waals surface area contributed by atoms with E-state index in [1.54, 1.807) is 0 Å². The van der Waals surface area contributed by atoms with E-state index in [1.807, 2.05) is 0 Å². The molecule has 0 bridgehead atoms. The molecule has 140 valence electrons. The van der Waals surface area contributed by atoms with Crippen LogP contribution in [0.1, 0.15) is 19.3 Å². The molecule has 0 heterocycles. The second-order valence-corrected chi connectivity index (χ2v) is 7.90. The fourth-order valence-corrected chi connectivity index (χ4v) is 3.23. The summed E-state index contributed by atoms with van der Waals surface area (Å²) in [4.78, 5) is 11.1. The molecule has 0 amide bonds. The van der Waals surface area contributed by atoms with Crippen LogP contribution in [0.2, 0.25) is 5.02 Å². The minimum absolute atomic E-state index is 0.0136. The van der Waals surface area contributed by atoms with Crippen LogP contribution < -0.4 is 4.74 Å². The summed E-state index contributed by atoms with van der Waals surface area (Å²) >= 11 is 5.74. The zero-order valence-corrected chi connectivity index (χ0v) is 14.9. The molecule has 1 aromatic carbocycles. The van der Waals surface area contributed by atoms with Crippen LogP contribution in [0, 0.1) is 5.82 Å². The number of ketones is 1. The molecule has 26 heavy (non-hydrogen) atoms. The van der Waals surface area contributed by atoms with E-state index in [-0.39, 0.29) is 29.4 Å². The summed E-state index contributed by atoms with van der Waals surface area (Å²) in [5, 5.41) is 0.0703. The maximum Gasteiger partial charge on any atom is 0.340 e. The predicted molar refractivity (Wildman–Crippen MR) is 91.1 cm³/mol. The maximum absolute atomic E-state index is 13.4. The third-order valence-corrected chi connectivity index (χ3v) is 5.21. The molecule has 1 aliphatic rings. The summed E-state index contributed by atoms with van der Waals surface area (Å²) in [5.41, 5.74) is 0.325. The second kappa shape index (κ2) is 8.09. The lowest BCUT2D eigenvalue weighted by Crippen LogP contribution is -2.16. The third-order valence-electron chi connectivity index (χ3n) is 3.51. The molecule has 0 saturated heterocycles. The lowest BCUT2D eigenvalue weighted by molar-refractivity contribution is -0.118. The van der Waals surface area contributed by atoms with Crippen LogP contribution in [-0.4, -0.2) is 20.0 Å². The van der Waals surface area contributed by atoms with Crippen molar-refractivity contribution in [1.29, 1.82) is 0 Å². The van der Waals surface area contributed by atoms with Crippen molar-refractivity contribution in [1.82, 2.24) is 0 Å². The van der Waals surface area contributed by atoms with E-state index in [0.717, 1.165) is 24.3 Å². The van der Waals surface area contributed by atoms with Gasteiger partial charge in [-0.1, -0.05) is 18.2 Å². The summed E-state index contributed by atoms with van der Waals surface area (Å²) in [5.74, 6) is -4.80. The lowest BCUT2D eigenvalue weighted by Gasteiger charge is -2.12. The van der Waals surface area contributed by atoms with Crippen LogP contribution in [0.3, 0.4) is 0 Å². The summed E-state index contributed by atoms with van der Waals surface area (Å²) in [6, 6.07) is 3.42. The van der Waals surface area contributed by atoms with Gasteiger partial charge in [0.15, 0.2) is 0 Å². The first-order chi connectivity index (χ1) is 12.1. The highest BCUT2D eigenvalue weighted by molar-refractivity contribution is 7.95. The Morgan fingerprint density at radius 2 is 1.85 bits per heavy atom. The molecule has 1 aromatic rings. The highest BCUT2D eigenvalue weighted by Gasteiger charge is 2.30. The summed E-state index contributed by atoms with van der Waals surface area (Å²) < 4.78 is 67.9. The molecule has 0 fully saturated rings. The Bertz CT molecular complexity index is 884. The van der Waals surface area contributed by atoms with E-state index >= 15 is 0 Å². The van der Waals surface area contributed by atoms with Crippen molar-refractivity contribution in [3.05, 3.63) is 64.0 Å². The van der Waals surface area contributed by atoms with Crippen LogP contribution in [-0.2, 0) is 14.6 Å². The van der Waals surface area contributed by atoms with Gasteiger partial charge in [0, 0.05) is 23.9 Å². The first-order valence-corrected chi connectivity index (χ1v) is 9.28. The van der Waals surface area contributed by atoms with E-state index < -0.39 is 38.5 Å². The zero-order chi connectivity index (χ0) is 19.5. The molecule has 0 unspecified atom stereocenters. The minimum Gasteiger partial charge on any atom is -0.457 e. The number of carbonyl (C=O) groups excluding carboxylic acids is 1. The average Bonchev–Trinajstić information content (AvgIpc) is 2.59. The molecule has 2 rings (SSSR count). The molecule has 0 saturated carbocycles. The zero-order valence-electron chi connectivity index (χ0n) is 13.3. The highest BCUT2D eigenvalue weighted by atomic mass is 35.5. The number of alkyl halides is 2. The molecule has 0 radical (unpaired) electrons. The van der Waals surface area contributed by atoms with Gasteiger partial charge in [0.05, 0.1) is 4.91 Å². The van der Waals surface area contributed by atoms with E-state index in [1.165, 1.54) is 6.07 Å². The Hall–Kier alpha value is -2.06. The van der Waals surface area contributed by atoms with E-state index in [2.05, 4.69) is 6.58 Å². The van der Waals surface area contributed by atoms with E-state index in [9.17, 15) is 26.4 Å². The predicted octanol–water partition coefficient (Wildman–Crippen LogP) is 4.57. The van der Waals surface area contributed by atoms with Crippen molar-refractivity contribution >= 4 is 27.2 Å². The summed E-state index contributed by atoms with van der Waals surface area (Å²) in [7, 11) is -4.92.